The lowest BCUT2D eigenvalue weighted by atomic mass is 10.1. The molecular formula is C15H21N3O2. The fourth-order valence-corrected chi connectivity index (χ4v) is 2.12. The Morgan fingerprint density at radius 1 is 1.35 bits per heavy atom. The smallest absolute Gasteiger partial charge is 0.317 e. The number of nitrogens with zero attached hydrogens (tertiary/aromatic N) is 3. The zero-order valence-electron chi connectivity index (χ0n) is 12.4. The number of carbonyl (C=O) groups is 1. The molecular weight excluding hydrogens is 254 g/mol. The van der Waals surface area contributed by atoms with Gasteiger partial charge in [-0.25, -0.2) is 4.98 Å². The van der Waals surface area contributed by atoms with E-state index in [0.717, 1.165) is 11.3 Å². The summed E-state index contributed by atoms with van der Waals surface area (Å²) in [5.41, 5.74) is 2.71. The molecule has 0 radical (unpaired) electrons. The van der Waals surface area contributed by atoms with E-state index in [0.29, 0.717) is 6.54 Å². The number of aromatic nitrogens is 2. The third kappa shape index (κ3) is 3.36. The van der Waals surface area contributed by atoms with Gasteiger partial charge in [0.25, 0.3) is 0 Å². The van der Waals surface area contributed by atoms with Crippen LogP contribution < -0.4 is 0 Å². The molecule has 2 aromatic heterocycles. The standard InChI is InChI=1S/C15H21N3O2/c1-11-5-6-13-16-12(8-17(13)7-11)9-18(10-14(19)20)15(2,3)4/h5-8H,9-10H2,1-4H3,(H,19,20). The van der Waals surface area contributed by atoms with Crippen molar-refractivity contribution in [3.05, 3.63) is 35.8 Å². The van der Waals surface area contributed by atoms with Crippen LogP contribution in [0.25, 0.3) is 5.65 Å². The van der Waals surface area contributed by atoms with E-state index in [2.05, 4.69) is 4.98 Å². The van der Waals surface area contributed by atoms with E-state index in [1.807, 2.05) is 61.5 Å². The Kier molecular flexibility index (Phi) is 3.81. The average molecular weight is 275 g/mol. The summed E-state index contributed by atoms with van der Waals surface area (Å²) in [7, 11) is 0. The van der Waals surface area contributed by atoms with Gasteiger partial charge >= 0.3 is 5.97 Å². The van der Waals surface area contributed by atoms with Gasteiger partial charge in [-0.1, -0.05) is 6.07 Å². The molecule has 0 bridgehead atoms. The lowest BCUT2D eigenvalue weighted by Gasteiger charge is -2.33. The highest BCUT2D eigenvalue weighted by molar-refractivity contribution is 5.69. The van der Waals surface area contributed by atoms with E-state index >= 15 is 0 Å². The summed E-state index contributed by atoms with van der Waals surface area (Å²) in [4.78, 5) is 17.4. The van der Waals surface area contributed by atoms with Gasteiger partial charge in [0.15, 0.2) is 0 Å². The van der Waals surface area contributed by atoms with Crippen molar-refractivity contribution < 1.29 is 9.90 Å². The Hall–Kier alpha value is -1.88. The molecule has 2 aromatic rings. The predicted octanol–water partition coefficient (Wildman–Crippen LogP) is 2.33. The van der Waals surface area contributed by atoms with E-state index in [1.165, 1.54) is 5.56 Å². The van der Waals surface area contributed by atoms with Gasteiger partial charge in [0.2, 0.25) is 0 Å². The largest absolute Gasteiger partial charge is 0.480 e. The number of aliphatic carboxylic acids is 1. The molecule has 0 spiro atoms. The molecule has 2 rings (SSSR count). The first-order valence-corrected chi connectivity index (χ1v) is 6.67. The molecule has 0 aliphatic rings. The number of hydrogen-bond donors (Lipinski definition) is 1. The molecule has 2 heterocycles. The number of imidazole rings is 1. The molecule has 20 heavy (non-hydrogen) atoms. The fourth-order valence-electron chi connectivity index (χ4n) is 2.12. The van der Waals surface area contributed by atoms with Crippen LogP contribution in [-0.2, 0) is 11.3 Å². The van der Waals surface area contributed by atoms with Gasteiger partial charge in [-0.15, -0.1) is 0 Å². The fraction of sp³-hybridized carbons (Fsp3) is 0.467. The molecule has 5 heteroatoms. The zero-order valence-corrected chi connectivity index (χ0v) is 12.4. The third-order valence-corrected chi connectivity index (χ3v) is 3.28. The maximum absolute atomic E-state index is 11.0. The van der Waals surface area contributed by atoms with E-state index < -0.39 is 5.97 Å². The van der Waals surface area contributed by atoms with Gasteiger partial charge < -0.3 is 9.51 Å². The topological polar surface area (TPSA) is 57.8 Å². The average Bonchev–Trinajstić information content (AvgIpc) is 2.67. The van der Waals surface area contributed by atoms with Crippen molar-refractivity contribution in [2.45, 2.75) is 39.8 Å². The van der Waals surface area contributed by atoms with Crippen LogP contribution in [0.3, 0.4) is 0 Å². The molecule has 5 nitrogen and oxygen atoms in total. The third-order valence-electron chi connectivity index (χ3n) is 3.28. The van der Waals surface area contributed by atoms with Crippen LogP contribution >= 0.6 is 0 Å². The van der Waals surface area contributed by atoms with Crippen LogP contribution in [0.1, 0.15) is 32.0 Å². The maximum Gasteiger partial charge on any atom is 0.317 e. The predicted molar refractivity (Wildman–Crippen MR) is 77.7 cm³/mol. The van der Waals surface area contributed by atoms with Crippen LogP contribution in [0.2, 0.25) is 0 Å². The highest BCUT2D eigenvalue weighted by Gasteiger charge is 2.24. The number of fused-ring (bicyclic) bond motifs is 1. The molecule has 0 aliphatic carbocycles. The molecule has 0 atom stereocenters. The Labute approximate surface area is 118 Å². The minimum absolute atomic E-state index is 0.0103. The molecule has 0 amide bonds. The quantitative estimate of drug-likeness (QED) is 0.930. The first-order valence-electron chi connectivity index (χ1n) is 6.67. The summed E-state index contributed by atoms with van der Waals surface area (Å²) in [6, 6.07) is 3.99. The zero-order chi connectivity index (χ0) is 14.9. The monoisotopic (exact) mass is 275 g/mol. The van der Waals surface area contributed by atoms with Crippen molar-refractivity contribution >= 4 is 11.6 Å². The number of hydrogen-bond acceptors (Lipinski definition) is 3. The van der Waals surface area contributed by atoms with Crippen LogP contribution in [-0.4, -0.2) is 37.4 Å². The molecule has 0 unspecified atom stereocenters. The minimum atomic E-state index is -0.820. The van der Waals surface area contributed by atoms with Crippen molar-refractivity contribution in [3.63, 3.8) is 0 Å². The molecule has 0 aromatic carbocycles. The number of pyridine rings is 1. The molecule has 108 valence electrons. The first-order chi connectivity index (χ1) is 9.25. The van der Waals surface area contributed by atoms with Gasteiger partial charge in [0.1, 0.15) is 5.65 Å². The second-order valence-corrected chi connectivity index (χ2v) is 6.12. The highest BCUT2D eigenvalue weighted by Crippen LogP contribution is 2.17. The Morgan fingerprint density at radius 2 is 2.05 bits per heavy atom. The Balaban J connectivity index is 2.26. The number of rotatable bonds is 4. The molecule has 0 aliphatic heterocycles. The number of aryl methyl sites for hydroxylation is 1. The SMILES string of the molecule is Cc1ccc2nc(CN(CC(=O)O)C(C)(C)C)cn2c1. The Bertz CT molecular complexity index is 626. The lowest BCUT2D eigenvalue weighted by Crippen LogP contribution is -2.43. The summed E-state index contributed by atoms with van der Waals surface area (Å²) in [5, 5.41) is 9.03. The van der Waals surface area contributed by atoms with Crippen molar-refractivity contribution in [1.29, 1.82) is 0 Å². The normalized spacial score (nSPS) is 12.2. The summed E-state index contributed by atoms with van der Waals surface area (Å²) >= 11 is 0. The lowest BCUT2D eigenvalue weighted by molar-refractivity contribution is -0.139. The molecule has 0 saturated carbocycles. The Morgan fingerprint density at radius 3 is 2.65 bits per heavy atom. The van der Waals surface area contributed by atoms with Crippen molar-refractivity contribution in [1.82, 2.24) is 14.3 Å². The van der Waals surface area contributed by atoms with Gasteiger partial charge in [-0.05, 0) is 39.3 Å². The van der Waals surface area contributed by atoms with Crippen molar-refractivity contribution in [3.8, 4) is 0 Å². The number of carboxylic acid groups (broad SMARTS) is 1. The van der Waals surface area contributed by atoms with E-state index in [4.69, 9.17) is 5.11 Å². The van der Waals surface area contributed by atoms with Crippen LogP contribution in [0.4, 0.5) is 0 Å². The number of carboxylic acids is 1. The molecule has 0 fully saturated rings. The van der Waals surface area contributed by atoms with E-state index in [-0.39, 0.29) is 12.1 Å². The molecule has 0 saturated heterocycles. The minimum Gasteiger partial charge on any atom is -0.480 e. The summed E-state index contributed by atoms with van der Waals surface area (Å²) in [6.45, 7) is 8.60. The van der Waals surface area contributed by atoms with Crippen LogP contribution in [0.5, 0.6) is 0 Å². The van der Waals surface area contributed by atoms with E-state index in [9.17, 15) is 4.79 Å². The second-order valence-electron chi connectivity index (χ2n) is 6.12. The summed E-state index contributed by atoms with van der Waals surface area (Å²) in [6.07, 6.45) is 3.98. The van der Waals surface area contributed by atoms with Crippen LogP contribution in [0.15, 0.2) is 24.5 Å². The van der Waals surface area contributed by atoms with Crippen molar-refractivity contribution in [2.24, 2.45) is 0 Å². The maximum atomic E-state index is 11.0. The van der Waals surface area contributed by atoms with Crippen molar-refractivity contribution in [2.75, 3.05) is 6.54 Å². The summed E-state index contributed by atoms with van der Waals surface area (Å²) in [5.74, 6) is -0.820. The first kappa shape index (κ1) is 14.5. The molecule has 1 N–H and O–H groups in total. The van der Waals surface area contributed by atoms with Crippen LogP contribution in [0, 0.1) is 6.92 Å². The van der Waals surface area contributed by atoms with Gasteiger partial charge in [-0.3, -0.25) is 9.69 Å². The summed E-state index contributed by atoms with van der Waals surface area (Å²) < 4.78 is 1.98. The van der Waals surface area contributed by atoms with E-state index in [1.54, 1.807) is 0 Å². The second kappa shape index (κ2) is 5.25. The van der Waals surface area contributed by atoms with Gasteiger partial charge in [0.05, 0.1) is 12.2 Å². The van der Waals surface area contributed by atoms with Gasteiger partial charge in [-0.2, -0.15) is 0 Å². The van der Waals surface area contributed by atoms with Gasteiger partial charge in [0, 0.05) is 24.5 Å². The highest BCUT2D eigenvalue weighted by atomic mass is 16.4.